The number of urea groups is 1. The number of carboxylic acids is 1. The van der Waals surface area contributed by atoms with Crippen LogP contribution in [0.15, 0.2) is 0 Å². The summed E-state index contributed by atoms with van der Waals surface area (Å²) in [6.45, 7) is 5.65. The number of aliphatic carboxylic acids is 1. The normalized spacial score (nSPS) is 25.2. The van der Waals surface area contributed by atoms with Crippen LogP contribution in [0.25, 0.3) is 0 Å². The van der Waals surface area contributed by atoms with E-state index in [1.165, 1.54) is 0 Å². The van der Waals surface area contributed by atoms with Gasteiger partial charge in [-0.3, -0.25) is 4.79 Å². The summed E-state index contributed by atoms with van der Waals surface area (Å²) >= 11 is 0. The topological polar surface area (TPSA) is 78.4 Å². The minimum absolute atomic E-state index is 0.236. The fourth-order valence-corrected chi connectivity index (χ4v) is 1.97. The summed E-state index contributed by atoms with van der Waals surface area (Å²) in [6.07, 6.45) is 2.25. The number of amides is 2. The number of carboxylic acid groups (broad SMARTS) is 1. The summed E-state index contributed by atoms with van der Waals surface area (Å²) in [5.74, 6) is -1.26. The van der Waals surface area contributed by atoms with E-state index in [2.05, 4.69) is 10.6 Å². The van der Waals surface area contributed by atoms with Crippen LogP contribution in [-0.2, 0) is 4.79 Å². The van der Waals surface area contributed by atoms with E-state index in [4.69, 9.17) is 5.11 Å². The molecule has 5 heteroatoms. The maximum atomic E-state index is 11.6. The molecule has 1 fully saturated rings. The molecule has 16 heavy (non-hydrogen) atoms. The van der Waals surface area contributed by atoms with Crippen LogP contribution in [0.4, 0.5) is 4.79 Å². The third-order valence-corrected chi connectivity index (χ3v) is 2.64. The van der Waals surface area contributed by atoms with Crippen molar-refractivity contribution in [1.29, 1.82) is 0 Å². The molecule has 0 saturated heterocycles. The van der Waals surface area contributed by atoms with Crippen LogP contribution in [0.2, 0.25) is 0 Å². The van der Waals surface area contributed by atoms with Crippen molar-refractivity contribution >= 4 is 12.0 Å². The van der Waals surface area contributed by atoms with Crippen LogP contribution in [0.5, 0.6) is 0 Å². The van der Waals surface area contributed by atoms with E-state index in [-0.39, 0.29) is 17.6 Å². The van der Waals surface area contributed by atoms with Crippen molar-refractivity contribution in [3.8, 4) is 0 Å². The average Bonchev–Trinajstić information content (AvgIpc) is 2.47. The van der Waals surface area contributed by atoms with Gasteiger partial charge in [-0.05, 0) is 33.6 Å². The largest absolute Gasteiger partial charge is 0.481 e. The van der Waals surface area contributed by atoms with Gasteiger partial charge < -0.3 is 15.7 Å². The number of carbonyl (C=O) groups is 2. The smallest absolute Gasteiger partial charge is 0.315 e. The molecule has 5 nitrogen and oxygen atoms in total. The van der Waals surface area contributed by atoms with E-state index < -0.39 is 11.9 Å². The van der Waals surface area contributed by atoms with Crippen LogP contribution >= 0.6 is 0 Å². The maximum Gasteiger partial charge on any atom is 0.315 e. The van der Waals surface area contributed by atoms with E-state index in [9.17, 15) is 9.59 Å². The zero-order valence-electron chi connectivity index (χ0n) is 10.0. The fraction of sp³-hybridized carbons (Fsp3) is 0.818. The summed E-state index contributed by atoms with van der Waals surface area (Å²) in [5.41, 5.74) is -0.304. The average molecular weight is 228 g/mol. The molecule has 3 N–H and O–H groups in total. The van der Waals surface area contributed by atoms with Gasteiger partial charge in [0, 0.05) is 11.6 Å². The quantitative estimate of drug-likeness (QED) is 0.667. The van der Waals surface area contributed by atoms with Gasteiger partial charge in [0.2, 0.25) is 0 Å². The number of rotatable bonds is 2. The molecule has 0 aromatic rings. The minimum atomic E-state index is -0.821. The van der Waals surface area contributed by atoms with Crippen LogP contribution in [-0.4, -0.2) is 28.7 Å². The molecule has 0 aromatic heterocycles. The van der Waals surface area contributed by atoms with Gasteiger partial charge in [0.1, 0.15) is 0 Å². The highest BCUT2D eigenvalue weighted by atomic mass is 16.4. The molecule has 0 aliphatic heterocycles. The zero-order valence-corrected chi connectivity index (χ0v) is 10.0. The molecule has 1 rings (SSSR count). The van der Waals surface area contributed by atoms with Crippen LogP contribution in [0.3, 0.4) is 0 Å². The van der Waals surface area contributed by atoms with Crippen LogP contribution in [0.1, 0.15) is 40.0 Å². The van der Waals surface area contributed by atoms with E-state index in [1.54, 1.807) is 0 Å². The molecular weight excluding hydrogens is 208 g/mol. The standard InChI is InChI=1S/C11H20N2O3/c1-11(2,3)13-10(16)12-8-6-4-5-7(8)9(14)15/h7-8H,4-6H2,1-3H3,(H,14,15)(H2,12,13,16). The molecule has 0 heterocycles. The molecule has 1 aliphatic carbocycles. The summed E-state index contributed by atoms with van der Waals surface area (Å²) in [7, 11) is 0. The Balaban J connectivity index is 2.47. The van der Waals surface area contributed by atoms with Gasteiger partial charge in [-0.2, -0.15) is 0 Å². The second kappa shape index (κ2) is 4.72. The molecule has 0 radical (unpaired) electrons. The molecule has 92 valence electrons. The maximum absolute atomic E-state index is 11.6. The number of hydrogen-bond donors (Lipinski definition) is 3. The second-order valence-corrected chi connectivity index (χ2v) is 5.33. The molecule has 2 amide bonds. The Morgan fingerprint density at radius 2 is 1.88 bits per heavy atom. The first kappa shape index (κ1) is 12.8. The predicted octanol–water partition coefficient (Wildman–Crippen LogP) is 1.34. The Bertz CT molecular complexity index is 283. The summed E-state index contributed by atoms with van der Waals surface area (Å²) < 4.78 is 0. The summed E-state index contributed by atoms with van der Waals surface area (Å²) in [5, 5.41) is 14.5. The number of carbonyl (C=O) groups excluding carboxylic acids is 1. The Kier molecular flexibility index (Phi) is 3.78. The predicted molar refractivity (Wildman–Crippen MR) is 60.2 cm³/mol. The lowest BCUT2D eigenvalue weighted by molar-refractivity contribution is -0.142. The molecule has 0 bridgehead atoms. The molecule has 2 atom stereocenters. The van der Waals surface area contributed by atoms with Crippen LogP contribution < -0.4 is 10.6 Å². The minimum Gasteiger partial charge on any atom is -0.481 e. The highest BCUT2D eigenvalue weighted by Gasteiger charge is 2.34. The van der Waals surface area contributed by atoms with Crippen molar-refractivity contribution in [1.82, 2.24) is 10.6 Å². The lowest BCUT2D eigenvalue weighted by Crippen LogP contribution is -2.51. The number of hydrogen-bond acceptors (Lipinski definition) is 2. The van der Waals surface area contributed by atoms with Gasteiger partial charge in [0.25, 0.3) is 0 Å². The molecule has 1 aliphatic rings. The van der Waals surface area contributed by atoms with Crippen molar-refractivity contribution in [2.75, 3.05) is 0 Å². The molecule has 0 spiro atoms. The number of nitrogens with one attached hydrogen (secondary N) is 2. The van der Waals surface area contributed by atoms with Gasteiger partial charge in [0.15, 0.2) is 0 Å². The van der Waals surface area contributed by atoms with Crippen molar-refractivity contribution in [2.24, 2.45) is 5.92 Å². The SMILES string of the molecule is CC(C)(C)NC(=O)NC1CCCC1C(=O)O. The lowest BCUT2D eigenvalue weighted by Gasteiger charge is -2.24. The Hall–Kier alpha value is -1.26. The van der Waals surface area contributed by atoms with Gasteiger partial charge in [-0.15, -0.1) is 0 Å². The first-order valence-electron chi connectivity index (χ1n) is 5.61. The fourth-order valence-electron chi connectivity index (χ4n) is 1.97. The van der Waals surface area contributed by atoms with Crippen molar-refractivity contribution in [3.63, 3.8) is 0 Å². The second-order valence-electron chi connectivity index (χ2n) is 5.33. The van der Waals surface area contributed by atoms with E-state index in [0.29, 0.717) is 6.42 Å². The van der Waals surface area contributed by atoms with Gasteiger partial charge >= 0.3 is 12.0 Å². The van der Waals surface area contributed by atoms with Crippen molar-refractivity contribution < 1.29 is 14.7 Å². The summed E-state index contributed by atoms with van der Waals surface area (Å²) in [6, 6.07) is -0.523. The van der Waals surface area contributed by atoms with E-state index in [0.717, 1.165) is 12.8 Å². The van der Waals surface area contributed by atoms with Gasteiger partial charge in [0.05, 0.1) is 5.92 Å². The van der Waals surface area contributed by atoms with Crippen molar-refractivity contribution in [3.05, 3.63) is 0 Å². The molecule has 1 saturated carbocycles. The van der Waals surface area contributed by atoms with Crippen molar-refractivity contribution in [2.45, 2.75) is 51.6 Å². The third kappa shape index (κ3) is 3.72. The lowest BCUT2D eigenvalue weighted by atomic mass is 10.0. The van der Waals surface area contributed by atoms with E-state index in [1.807, 2.05) is 20.8 Å². The Morgan fingerprint density at radius 1 is 1.25 bits per heavy atom. The third-order valence-electron chi connectivity index (χ3n) is 2.64. The van der Waals surface area contributed by atoms with Crippen LogP contribution in [0, 0.1) is 5.92 Å². The monoisotopic (exact) mass is 228 g/mol. The Morgan fingerprint density at radius 3 is 2.38 bits per heavy atom. The Labute approximate surface area is 95.6 Å². The molecular formula is C11H20N2O3. The first-order chi connectivity index (χ1) is 7.29. The highest BCUT2D eigenvalue weighted by Crippen LogP contribution is 2.25. The molecule has 0 aromatic carbocycles. The van der Waals surface area contributed by atoms with Gasteiger partial charge in [-0.1, -0.05) is 6.42 Å². The first-order valence-corrected chi connectivity index (χ1v) is 5.61. The molecule has 2 unspecified atom stereocenters. The highest BCUT2D eigenvalue weighted by molar-refractivity contribution is 5.77. The zero-order chi connectivity index (χ0) is 12.3. The van der Waals surface area contributed by atoms with E-state index >= 15 is 0 Å². The van der Waals surface area contributed by atoms with Gasteiger partial charge in [-0.25, -0.2) is 4.79 Å². The summed E-state index contributed by atoms with van der Waals surface area (Å²) in [4.78, 5) is 22.5.